The lowest BCUT2D eigenvalue weighted by Crippen LogP contribution is -2.49. The van der Waals surface area contributed by atoms with E-state index in [9.17, 15) is 4.79 Å². The number of benzene rings is 1. The summed E-state index contributed by atoms with van der Waals surface area (Å²) in [4.78, 5) is 14.6. The van der Waals surface area contributed by atoms with Crippen molar-refractivity contribution in [3.05, 3.63) is 29.8 Å². The molecule has 1 aromatic rings. The third-order valence-corrected chi connectivity index (χ3v) is 4.74. The Labute approximate surface area is 158 Å². The monoisotopic (exact) mass is 362 g/mol. The quantitative estimate of drug-likeness (QED) is 0.650. The Balaban J connectivity index is 1.67. The summed E-state index contributed by atoms with van der Waals surface area (Å²) < 4.78 is 11.2. The Bertz CT molecular complexity index is 542. The van der Waals surface area contributed by atoms with E-state index in [0.29, 0.717) is 25.0 Å². The number of ether oxygens (including phenoxy) is 2. The van der Waals surface area contributed by atoms with Crippen molar-refractivity contribution in [3.8, 4) is 5.75 Å². The zero-order chi connectivity index (χ0) is 18.8. The minimum Gasteiger partial charge on any atom is -0.493 e. The zero-order valence-corrected chi connectivity index (χ0v) is 16.5. The second-order valence-corrected chi connectivity index (χ2v) is 7.45. The third-order valence-electron chi connectivity index (χ3n) is 4.74. The van der Waals surface area contributed by atoms with Gasteiger partial charge in [-0.15, -0.1) is 0 Å². The zero-order valence-electron chi connectivity index (χ0n) is 16.5. The summed E-state index contributed by atoms with van der Waals surface area (Å²) in [6, 6.07) is 8.36. The molecule has 1 atom stereocenters. The number of amides is 1. The van der Waals surface area contributed by atoms with Gasteiger partial charge in [0.15, 0.2) is 0 Å². The molecule has 1 amide bonds. The van der Waals surface area contributed by atoms with E-state index >= 15 is 0 Å². The van der Waals surface area contributed by atoms with Gasteiger partial charge in [0.25, 0.3) is 0 Å². The third kappa shape index (κ3) is 7.34. The average molecular weight is 363 g/mol. The molecule has 1 heterocycles. The van der Waals surface area contributed by atoms with E-state index in [1.807, 2.05) is 31.2 Å². The Hall–Kier alpha value is -1.59. The summed E-state index contributed by atoms with van der Waals surface area (Å²) in [5.41, 5.74) is 1.12. The predicted octanol–water partition coefficient (Wildman–Crippen LogP) is 3.02. The molecule has 0 saturated carbocycles. The van der Waals surface area contributed by atoms with Crippen LogP contribution in [0.15, 0.2) is 24.3 Å². The average Bonchev–Trinajstić information content (AvgIpc) is 2.64. The molecule has 1 fully saturated rings. The normalized spacial score (nSPS) is 16.5. The first-order chi connectivity index (χ1) is 12.6. The highest BCUT2D eigenvalue weighted by atomic mass is 16.5. The van der Waals surface area contributed by atoms with Crippen LogP contribution in [0.25, 0.3) is 0 Å². The van der Waals surface area contributed by atoms with Crippen molar-refractivity contribution in [2.24, 2.45) is 5.92 Å². The van der Waals surface area contributed by atoms with Crippen LogP contribution in [0.1, 0.15) is 38.7 Å². The number of nitrogens with one attached hydrogen (secondary N) is 1. The van der Waals surface area contributed by atoms with Gasteiger partial charge < -0.3 is 14.8 Å². The molecule has 0 radical (unpaired) electrons. The van der Waals surface area contributed by atoms with Gasteiger partial charge >= 0.3 is 0 Å². The van der Waals surface area contributed by atoms with Crippen LogP contribution in [-0.4, -0.2) is 56.3 Å². The lowest BCUT2D eigenvalue weighted by atomic mass is 10.0. The first kappa shape index (κ1) is 20.7. The van der Waals surface area contributed by atoms with Crippen LogP contribution >= 0.6 is 0 Å². The first-order valence-corrected chi connectivity index (χ1v) is 9.83. The SMILES string of the molecule is Cc1ccccc1OCCCC(=O)NCC(CC(C)C)N1CCOCC1. The largest absolute Gasteiger partial charge is 0.493 e. The van der Waals surface area contributed by atoms with E-state index in [4.69, 9.17) is 9.47 Å². The molecule has 26 heavy (non-hydrogen) atoms. The second kappa shape index (κ2) is 11.2. The number of hydrogen-bond donors (Lipinski definition) is 1. The number of morpholine rings is 1. The molecule has 2 rings (SSSR count). The van der Waals surface area contributed by atoms with Gasteiger partial charge in [0.2, 0.25) is 5.91 Å². The van der Waals surface area contributed by atoms with Crippen LogP contribution in [0, 0.1) is 12.8 Å². The van der Waals surface area contributed by atoms with Gasteiger partial charge in [-0.2, -0.15) is 0 Å². The number of nitrogens with zero attached hydrogens (tertiary/aromatic N) is 1. The maximum absolute atomic E-state index is 12.2. The predicted molar refractivity (Wildman–Crippen MR) is 105 cm³/mol. The molecular formula is C21H34N2O3. The van der Waals surface area contributed by atoms with Gasteiger partial charge in [0.1, 0.15) is 5.75 Å². The number of carbonyl (C=O) groups excluding carboxylic acids is 1. The van der Waals surface area contributed by atoms with Crippen LogP contribution in [0.4, 0.5) is 0 Å². The highest BCUT2D eigenvalue weighted by Gasteiger charge is 2.22. The van der Waals surface area contributed by atoms with Gasteiger partial charge in [0.05, 0.1) is 19.8 Å². The van der Waals surface area contributed by atoms with Crippen molar-refractivity contribution in [1.82, 2.24) is 10.2 Å². The maximum atomic E-state index is 12.2. The molecular weight excluding hydrogens is 328 g/mol. The lowest BCUT2D eigenvalue weighted by Gasteiger charge is -2.35. The van der Waals surface area contributed by atoms with Gasteiger partial charge in [-0.1, -0.05) is 32.0 Å². The van der Waals surface area contributed by atoms with E-state index < -0.39 is 0 Å². The number of hydrogen-bond acceptors (Lipinski definition) is 4. The highest BCUT2D eigenvalue weighted by molar-refractivity contribution is 5.75. The van der Waals surface area contributed by atoms with Gasteiger partial charge in [-0.3, -0.25) is 9.69 Å². The van der Waals surface area contributed by atoms with Crippen molar-refractivity contribution < 1.29 is 14.3 Å². The van der Waals surface area contributed by atoms with Crippen molar-refractivity contribution in [2.75, 3.05) is 39.5 Å². The molecule has 0 bridgehead atoms. The van der Waals surface area contributed by atoms with Crippen LogP contribution in [0.2, 0.25) is 0 Å². The molecule has 146 valence electrons. The van der Waals surface area contributed by atoms with Crippen LogP contribution in [0.3, 0.4) is 0 Å². The van der Waals surface area contributed by atoms with Crippen LogP contribution in [-0.2, 0) is 9.53 Å². The molecule has 5 nitrogen and oxygen atoms in total. The van der Waals surface area contributed by atoms with Crippen LogP contribution < -0.4 is 10.1 Å². The van der Waals surface area contributed by atoms with E-state index in [1.54, 1.807) is 0 Å². The summed E-state index contributed by atoms with van der Waals surface area (Å²) in [6.07, 6.45) is 2.33. The molecule has 1 aromatic carbocycles. The van der Waals surface area contributed by atoms with Gasteiger partial charge in [-0.25, -0.2) is 0 Å². The molecule has 0 spiro atoms. The number of carbonyl (C=O) groups is 1. The Morgan fingerprint density at radius 2 is 2.00 bits per heavy atom. The molecule has 1 aliphatic heterocycles. The second-order valence-electron chi connectivity index (χ2n) is 7.45. The summed E-state index contributed by atoms with van der Waals surface area (Å²) in [7, 11) is 0. The molecule has 1 N–H and O–H groups in total. The minimum absolute atomic E-state index is 0.111. The van der Waals surface area contributed by atoms with E-state index in [2.05, 4.69) is 24.1 Å². The summed E-state index contributed by atoms with van der Waals surface area (Å²) in [5, 5.41) is 3.12. The van der Waals surface area contributed by atoms with Crippen molar-refractivity contribution in [3.63, 3.8) is 0 Å². The minimum atomic E-state index is 0.111. The van der Waals surface area contributed by atoms with Crippen molar-refractivity contribution in [1.29, 1.82) is 0 Å². The van der Waals surface area contributed by atoms with E-state index in [1.165, 1.54) is 0 Å². The van der Waals surface area contributed by atoms with Crippen LogP contribution in [0.5, 0.6) is 5.75 Å². The first-order valence-electron chi connectivity index (χ1n) is 9.83. The standard InChI is InChI=1S/C21H34N2O3/c1-17(2)15-19(23-10-13-25-14-11-23)16-22-21(24)9-6-12-26-20-8-5-4-7-18(20)3/h4-5,7-8,17,19H,6,9-16H2,1-3H3,(H,22,24). The van der Waals surface area contributed by atoms with E-state index in [-0.39, 0.29) is 5.91 Å². The number of aryl methyl sites for hydroxylation is 1. The fraction of sp³-hybridized carbons (Fsp3) is 0.667. The van der Waals surface area contributed by atoms with Crippen molar-refractivity contribution >= 4 is 5.91 Å². The maximum Gasteiger partial charge on any atom is 0.220 e. The lowest BCUT2D eigenvalue weighted by molar-refractivity contribution is -0.121. The van der Waals surface area contributed by atoms with E-state index in [0.717, 1.165) is 57.0 Å². The number of para-hydroxylation sites is 1. The smallest absolute Gasteiger partial charge is 0.220 e. The summed E-state index contributed by atoms with van der Waals surface area (Å²) in [5.74, 6) is 1.62. The molecule has 1 saturated heterocycles. The fourth-order valence-electron chi connectivity index (χ4n) is 3.30. The molecule has 0 aromatic heterocycles. The summed E-state index contributed by atoms with van der Waals surface area (Å²) >= 11 is 0. The fourth-order valence-corrected chi connectivity index (χ4v) is 3.30. The number of rotatable bonds is 10. The topological polar surface area (TPSA) is 50.8 Å². The summed E-state index contributed by atoms with van der Waals surface area (Å²) in [6.45, 7) is 11.3. The van der Waals surface area contributed by atoms with Gasteiger partial charge in [0, 0.05) is 32.1 Å². The Morgan fingerprint density at radius 3 is 2.69 bits per heavy atom. The molecule has 1 unspecified atom stereocenters. The Kier molecular flexibility index (Phi) is 8.92. The van der Waals surface area contributed by atoms with Crippen molar-refractivity contribution in [2.45, 2.75) is 46.1 Å². The molecule has 0 aliphatic carbocycles. The molecule has 5 heteroatoms. The van der Waals surface area contributed by atoms with Gasteiger partial charge in [-0.05, 0) is 37.3 Å². The highest BCUT2D eigenvalue weighted by Crippen LogP contribution is 2.16. The molecule has 1 aliphatic rings. The Morgan fingerprint density at radius 1 is 1.27 bits per heavy atom.